The zero-order valence-corrected chi connectivity index (χ0v) is 20.0. The van der Waals surface area contributed by atoms with E-state index in [1.807, 2.05) is 6.07 Å². The number of carbonyl (C=O) groups is 1. The van der Waals surface area contributed by atoms with Crippen LogP contribution < -0.4 is 5.32 Å². The normalized spacial score (nSPS) is 22.4. The fraction of sp³-hybridized carbons (Fsp3) is 0.286. The first-order valence-corrected chi connectivity index (χ1v) is 12.4. The number of halogens is 3. The van der Waals surface area contributed by atoms with Gasteiger partial charge >= 0.3 is 5.97 Å². The van der Waals surface area contributed by atoms with Crippen molar-refractivity contribution < 1.29 is 23.1 Å². The number of carboxylic acid groups (broad SMARTS) is 1. The van der Waals surface area contributed by atoms with E-state index in [0.29, 0.717) is 11.6 Å². The number of hydrogen-bond donors (Lipinski definition) is 3. The van der Waals surface area contributed by atoms with E-state index in [1.165, 1.54) is 0 Å². The molecule has 3 N–H and O–H groups in total. The number of H-pyrrole nitrogens is 1. The highest BCUT2D eigenvalue weighted by Crippen LogP contribution is 2.47. The first-order chi connectivity index (χ1) is 18.4. The maximum absolute atomic E-state index is 16.2. The molecule has 38 heavy (non-hydrogen) atoms. The Labute approximate surface area is 215 Å². The van der Waals surface area contributed by atoms with Crippen LogP contribution in [0.4, 0.5) is 19.0 Å². The molecule has 2 aromatic heterocycles. The Morgan fingerprint density at radius 2 is 1.79 bits per heavy atom. The van der Waals surface area contributed by atoms with E-state index in [-0.39, 0.29) is 51.1 Å². The molecular weight excluding hydrogens is 495 g/mol. The highest BCUT2D eigenvalue weighted by molar-refractivity contribution is 5.95. The Hall–Kier alpha value is -4.39. The minimum Gasteiger partial charge on any atom is -0.481 e. The topological polar surface area (TPSA) is 115 Å². The maximum Gasteiger partial charge on any atom is 0.308 e. The summed E-state index contributed by atoms with van der Waals surface area (Å²) < 4.78 is 44.8. The molecule has 0 amide bonds. The zero-order chi connectivity index (χ0) is 26.6. The predicted octanol–water partition coefficient (Wildman–Crippen LogP) is 5.88. The van der Waals surface area contributed by atoms with Gasteiger partial charge in [0, 0.05) is 23.1 Å². The second kappa shape index (κ2) is 9.17. The van der Waals surface area contributed by atoms with Crippen molar-refractivity contribution in [3.8, 4) is 28.6 Å². The molecule has 0 saturated heterocycles. The van der Waals surface area contributed by atoms with Gasteiger partial charge < -0.3 is 10.4 Å². The molecule has 7 nitrogen and oxygen atoms in total. The summed E-state index contributed by atoms with van der Waals surface area (Å²) in [6.07, 6.45) is 3.26. The molecule has 3 aliphatic rings. The Morgan fingerprint density at radius 3 is 2.47 bits per heavy atom. The smallest absolute Gasteiger partial charge is 0.308 e. The summed E-state index contributed by atoms with van der Waals surface area (Å²) >= 11 is 0. The van der Waals surface area contributed by atoms with E-state index in [4.69, 9.17) is 0 Å². The lowest BCUT2D eigenvalue weighted by Gasteiger charge is -2.47. The van der Waals surface area contributed by atoms with Gasteiger partial charge in [-0.3, -0.25) is 9.89 Å². The number of rotatable bonds is 5. The van der Waals surface area contributed by atoms with Crippen molar-refractivity contribution >= 4 is 22.7 Å². The Morgan fingerprint density at radius 1 is 1.08 bits per heavy atom. The van der Waals surface area contributed by atoms with E-state index in [1.54, 1.807) is 30.3 Å². The van der Waals surface area contributed by atoms with Crippen molar-refractivity contribution in [2.75, 3.05) is 5.32 Å². The summed E-state index contributed by atoms with van der Waals surface area (Å²) in [5, 5.41) is 29.8. The third-order valence-corrected chi connectivity index (χ3v) is 7.93. The Kier molecular flexibility index (Phi) is 5.79. The number of nitrogens with zero attached hydrogens (tertiary/aromatic N) is 3. The van der Waals surface area contributed by atoms with E-state index < -0.39 is 35.4 Å². The van der Waals surface area contributed by atoms with Gasteiger partial charge in [0.2, 0.25) is 0 Å². The van der Waals surface area contributed by atoms with E-state index >= 15 is 4.39 Å². The van der Waals surface area contributed by atoms with Crippen LogP contribution in [0, 0.1) is 46.5 Å². The molecule has 4 aromatic rings. The second-order valence-electron chi connectivity index (χ2n) is 9.94. The van der Waals surface area contributed by atoms with Crippen LogP contribution >= 0.6 is 0 Å². The van der Waals surface area contributed by atoms with Crippen LogP contribution in [-0.2, 0) is 4.79 Å². The number of aliphatic carboxylic acids is 1. The molecule has 3 saturated carbocycles. The number of aromatic amines is 1. The highest BCUT2D eigenvalue weighted by Gasteiger charge is 2.47. The van der Waals surface area contributed by atoms with Crippen LogP contribution in [0.3, 0.4) is 0 Å². The zero-order valence-electron chi connectivity index (χ0n) is 20.0. The van der Waals surface area contributed by atoms with Crippen LogP contribution in [0.15, 0.2) is 42.5 Å². The van der Waals surface area contributed by atoms with Crippen LogP contribution in [0.2, 0.25) is 0 Å². The average molecular weight is 518 g/mol. The molecule has 7 rings (SSSR count). The number of anilines is 1. The molecule has 0 spiro atoms. The number of benzene rings is 2. The third kappa shape index (κ3) is 3.77. The van der Waals surface area contributed by atoms with Gasteiger partial charge in [0.05, 0.1) is 17.2 Å². The van der Waals surface area contributed by atoms with Gasteiger partial charge in [-0.2, -0.15) is 10.4 Å². The lowest BCUT2D eigenvalue weighted by atomic mass is 9.61. The predicted molar refractivity (Wildman–Crippen MR) is 133 cm³/mol. The van der Waals surface area contributed by atoms with Gasteiger partial charge in [0.15, 0.2) is 17.5 Å². The van der Waals surface area contributed by atoms with Crippen LogP contribution in [0.5, 0.6) is 0 Å². The number of hydrogen-bond acceptors (Lipinski definition) is 5. The quantitative estimate of drug-likeness (QED) is 0.305. The fourth-order valence-electron chi connectivity index (χ4n) is 6.22. The van der Waals surface area contributed by atoms with Crippen molar-refractivity contribution in [1.29, 1.82) is 5.26 Å². The lowest BCUT2D eigenvalue weighted by Crippen LogP contribution is -2.51. The second-order valence-corrected chi connectivity index (χ2v) is 9.94. The molecular formula is C28H22F3N5O2. The summed E-state index contributed by atoms with van der Waals surface area (Å²) in [5.74, 6) is -4.41. The monoisotopic (exact) mass is 517 g/mol. The largest absolute Gasteiger partial charge is 0.481 e. The van der Waals surface area contributed by atoms with Gasteiger partial charge in [-0.1, -0.05) is 30.3 Å². The van der Waals surface area contributed by atoms with Gasteiger partial charge in [-0.25, -0.2) is 18.2 Å². The lowest BCUT2D eigenvalue weighted by molar-refractivity contribution is -0.148. The number of pyridine rings is 1. The van der Waals surface area contributed by atoms with E-state index in [9.17, 15) is 23.9 Å². The fourth-order valence-corrected chi connectivity index (χ4v) is 6.22. The maximum atomic E-state index is 16.2. The number of nitriles is 1. The molecule has 2 heterocycles. The molecule has 0 radical (unpaired) electrons. The average Bonchev–Trinajstić information content (AvgIpc) is 3.34. The molecule has 2 atom stereocenters. The standard InChI is InChI=1S/C28H22F3N5O2/c29-16-10-17-24(19(30)11-16)35-36-26(17)25-18(12-32)20(13-4-2-1-3-5-13)22(31)27(34-25)33-23-15-8-6-14(7-9-15)21(23)28(37)38/h1-5,10-11,14-15,21,23H,6-9H2,(H,33,34)(H,35,36)(H,37,38)/t14?,15?,21-,23?/m1/s1. The summed E-state index contributed by atoms with van der Waals surface area (Å²) in [7, 11) is 0. The minimum atomic E-state index is -0.944. The molecule has 2 bridgehead atoms. The van der Waals surface area contributed by atoms with Gasteiger partial charge in [0.1, 0.15) is 23.1 Å². The molecule has 3 aliphatic carbocycles. The summed E-state index contributed by atoms with van der Waals surface area (Å²) in [4.78, 5) is 16.6. The van der Waals surface area contributed by atoms with Crippen LogP contribution in [0.25, 0.3) is 33.4 Å². The molecule has 1 unspecified atom stereocenters. The summed E-state index contributed by atoms with van der Waals surface area (Å²) in [6.45, 7) is 0. The third-order valence-electron chi connectivity index (χ3n) is 7.93. The first kappa shape index (κ1) is 24.0. The van der Waals surface area contributed by atoms with Gasteiger partial charge in [-0.05, 0) is 49.1 Å². The molecule has 3 fully saturated rings. The number of carboxylic acids is 1. The van der Waals surface area contributed by atoms with E-state index in [2.05, 4.69) is 20.5 Å². The van der Waals surface area contributed by atoms with Crippen molar-refractivity contribution in [2.24, 2.45) is 17.8 Å². The number of fused-ring (bicyclic) bond motifs is 4. The SMILES string of the molecule is N#Cc1c(-c2[nH]nc3c(F)cc(F)cc23)nc(NC2C3CCC(CC3)[C@H]2C(=O)O)c(F)c1-c1ccccc1. The van der Waals surface area contributed by atoms with Crippen LogP contribution in [-0.4, -0.2) is 32.3 Å². The Bertz CT molecular complexity index is 1610. The molecule has 10 heteroatoms. The molecule has 0 aliphatic heterocycles. The van der Waals surface area contributed by atoms with E-state index in [0.717, 1.165) is 31.7 Å². The molecule has 2 aromatic carbocycles. The highest BCUT2D eigenvalue weighted by atomic mass is 19.1. The summed E-state index contributed by atoms with van der Waals surface area (Å²) in [5.41, 5.74) is 0.0605. The van der Waals surface area contributed by atoms with Crippen molar-refractivity contribution in [3.05, 3.63) is 65.5 Å². The van der Waals surface area contributed by atoms with Crippen molar-refractivity contribution in [1.82, 2.24) is 15.2 Å². The molecule has 192 valence electrons. The minimum absolute atomic E-state index is 0.0213. The van der Waals surface area contributed by atoms with Crippen molar-refractivity contribution in [2.45, 2.75) is 31.7 Å². The van der Waals surface area contributed by atoms with Crippen molar-refractivity contribution in [3.63, 3.8) is 0 Å². The van der Waals surface area contributed by atoms with Gasteiger partial charge in [-0.15, -0.1) is 0 Å². The number of aromatic nitrogens is 3. The Balaban J connectivity index is 1.58. The number of nitrogens with one attached hydrogen (secondary N) is 2. The summed E-state index contributed by atoms with van der Waals surface area (Å²) in [6, 6.07) is 11.6. The van der Waals surface area contributed by atoms with Gasteiger partial charge in [0.25, 0.3) is 0 Å². The van der Waals surface area contributed by atoms with Crippen LogP contribution in [0.1, 0.15) is 31.2 Å². The first-order valence-electron chi connectivity index (χ1n) is 12.4.